The summed E-state index contributed by atoms with van der Waals surface area (Å²) in [6.45, 7) is 0. The molecule has 1 heterocycles. The standard InChI is InChI=1S/C13H11N3O3/c1-19-13-6-10(11(17)7-12(13)18)16-14-8-4-2-3-5-9(8)15-16/h2-7,17-18H,1H3. The number of aromatic nitrogens is 3. The maximum absolute atomic E-state index is 9.87. The van der Waals surface area contributed by atoms with Crippen molar-refractivity contribution in [3.63, 3.8) is 0 Å². The van der Waals surface area contributed by atoms with E-state index in [2.05, 4.69) is 10.2 Å². The number of phenolic OH excluding ortho intramolecular Hbond substituents is 2. The minimum Gasteiger partial charge on any atom is -0.505 e. The Balaban J connectivity index is 2.20. The number of nitrogens with zero attached hydrogens (tertiary/aromatic N) is 3. The van der Waals surface area contributed by atoms with E-state index in [0.717, 1.165) is 0 Å². The molecule has 0 spiro atoms. The van der Waals surface area contributed by atoms with E-state index in [4.69, 9.17) is 4.74 Å². The zero-order chi connectivity index (χ0) is 13.4. The van der Waals surface area contributed by atoms with Gasteiger partial charge in [0.15, 0.2) is 11.5 Å². The molecule has 0 unspecified atom stereocenters. The van der Waals surface area contributed by atoms with Gasteiger partial charge in [0, 0.05) is 12.1 Å². The van der Waals surface area contributed by atoms with Crippen molar-refractivity contribution in [1.29, 1.82) is 0 Å². The summed E-state index contributed by atoms with van der Waals surface area (Å²) in [6, 6.07) is 10.0. The van der Waals surface area contributed by atoms with E-state index in [1.165, 1.54) is 24.0 Å². The summed E-state index contributed by atoms with van der Waals surface area (Å²) in [7, 11) is 1.43. The van der Waals surface area contributed by atoms with Gasteiger partial charge in [0.05, 0.1) is 7.11 Å². The Morgan fingerprint density at radius 3 is 2.21 bits per heavy atom. The molecule has 0 saturated heterocycles. The summed E-state index contributed by atoms with van der Waals surface area (Å²) in [4.78, 5) is 1.31. The molecule has 0 aliphatic heterocycles. The first kappa shape index (κ1) is 11.3. The predicted molar refractivity (Wildman–Crippen MR) is 68.7 cm³/mol. The average Bonchev–Trinajstić information content (AvgIpc) is 2.82. The lowest BCUT2D eigenvalue weighted by Gasteiger charge is -2.07. The second-order valence-electron chi connectivity index (χ2n) is 3.99. The third-order valence-electron chi connectivity index (χ3n) is 2.78. The van der Waals surface area contributed by atoms with Crippen LogP contribution in [0.25, 0.3) is 16.7 Å². The minimum atomic E-state index is -0.138. The van der Waals surface area contributed by atoms with Crippen LogP contribution in [0.4, 0.5) is 0 Å². The molecule has 6 heteroatoms. The van der Waals surface area contributed by atoms with Crippen molar-refractivity contribution in [1.82, 2.24) is 15.0 Å². The quantitative estimate of drug-likeness (QED) is 0.732. The van der Waals surface area contributed by atoms with Crippen molar-refractivity contribution < 1.29 is 14.9 Å². The number of aromatic hydroxyl groups is 2. The molecule has 1 aromatic heterocycles. The second kappa shape index (κ2) is 4.16. The fourth-order valence-electron chi connectivity index (χ4n) is 1.84. The number of methoxy groups -OCH3 is 1. The largest absolute Gasteiger partial charge is 0.505 e. The third kappa shape index (κ3) is 1.83. The summed E-state index contributed by atoms with van der Waals surface area (Å²) >= 11 is 0. The van der Waals surface area contributed by atoms with E-state index in [-0.39, 0.29) is 17.2 Å². The van der Waals surface area contributed by atoms with E-state index in [1.54, 1.807) is 0 Å². The molecule has 3 aromatic rings. The average molecular weight is 257 g/mol. The van der Waals surface area contributed by atoms with Crippen LogP contribution < -0.4 is 4.74 Å². The van der Waals surface area contributed by atoms with E-state index in [0.29, 0.717) is 16.7 Å². The van der Waals surface area contributed by atoms with Crippen LogP contribution in [0.3, 0.4) is 0 Å². The number of rotatable bonds is 2. The predicted octanol–water partition coefficient (Wildman–Crippen LogP) is 1.84. The third-order valence-corrected chi connectivity index (χ3v) is 2.78. The van der Waals surface area contributed by atoms with Gasteiger partial charge in [-0.15, -0.1) is 15.0 Å². The van der Waals surface area contributed by atoms with E-state index >= 15 is 0 Å². The summed E-state index contributed by atoms with van der Waals surface area (Å²) in [5.74, 6) is -0.0202. The molecule has 19 heavy (non-hydrogen) atoms. The molecule has 0 bridgehead atoms. The van der Waals surface area contributed by atoms with Gasteiger partial charge >= 0.3 is 0 Å². The van der Waals surface area contributed by atoms with Crippen molar-refractivity contribution in [2.45, 2.75) is 0 Å². The molecule has 0 saturated carbocycles. The lowest BCUT2D eigenvalue weighted by Crippen LogP contribution is -1.99. The van der Waals surface area contributed by atoms with Crippen LogP contribution in [0.15, 0.2) is 36.4 Å². The zero-order valence-electron chi connectivity index (χ0n) is 10.1. The molecule has 0 aliphatic rings. The Bertz CT molecular complexity index is 719. The lowest BCUT2D eigenvalue weighted by atomic mass is 10.2. The van der Waals surface area contributed by atoms with Crippen LogP contribution in [-0.2, 0) is 0 Å². The fraction of sp³-hybridized carbons (Fsp3) is 0.0769. The highest BCUT2D eigenvalue weighted by Gasteiger charge is 2.13. The van der Waals surface area contributed by atoms with E-state index in [9.17, 15) is 10.2 Å². The van der Waals surface area contributed by atoms with Crippen LogP contribution in [-0.4, -0.2) is 32.3 Å². The lowest BCUT2D eigenvalue weighted by molar-refractivity contribution is 0.368. The number of hydrogen-bond acceptors (Lipinski definition) is 5. The number of hydrogen-bond donors (Lipinski definition) is 2. The molecule has 3 rings (SSSR count). The van der Waals surface area contributed by atoms with Gasteiger partial charge in [0.2, 0.25) is 0 Å². The Hall–Kier alpha value is -2.76. The number of ether oxygens (including phenoxy) is 1. The molecular weight excluding hydrogens is 246 g/mol. The molecule has 0 atom stereocenters. The van der Waals surface area contributed by atoms with Crippen molar-refractivity contribution in [2.24, 2.45) is 0 Å². The van der Waals surface area contributed by atoms with Gasteiger partial charge in [-0.25, -0.2) is 0 Å². The summed E-state index contributed by atoms with van der Waals surface area (Å²) in [6.07, 6.45) is 0. The molecule has 0 amide bonds. The van der Waals surface area contributed by atoms with Crippen molar-refractivity contribution >= 4 is 11.0 Å². The van der Waals surface area contributed by atoms with Crippen LogP contribution in [0, 0.1) is 0 Å². The maximum Gasteiger partial charge on any atom is 0.162 e. The molecule has 6 nitrogen and oxygen atoms in total. The summed E-state index contributed by atoms with van der Waals surface area (Å²) < 4.78 is 5.01. The Labute approximate surface area is 108 Å². The molecule has 0 fully saturated rings. The number of phenols is 2. The first-order valence-electron chi connectivity index (χ1n) is 5.61. The molecular formula is C13H11N3O3. The highest BCUT2D eigenvalue weighted by Crippen LogP contribution is 2.34. The van der Waals surface area contributed by atoms with Gasteiger partial charge in [-0.2, -0.15) is 0 Å². The van der Waals surface area contributed by atoms with E-state index in [1.807, 2.05) is 24.3 Å². The molecule has 96 valence electrons. The summed E-state index contributed by atoms with van der Waals surface area (Å²) in [5.41, 5.74) is 1.77. The van der Waals surface area contributed by atoms with Crippen molar-refractivity contribution in [3.05, 3.63) is 36.4 Å². The Kier molecular flexibility index (Phi) is 2.49. The van der Waals surface area contributed by atoms with Crippen LogP contribution in [0.5, 0.6) is 17.2 Å². The zero-order valence-corrected chi connectivity index (χ0v) is 10.1. The van der Waals surface area contributed by atoms with Crippen LogP contribution in [0.2, 0.25) is 0 Å². The first-order valence-corrected chi connectivity index (χ1v) is 5.61. The Morgan fingerprint density at radius 2 is 1.63 bits per heavy atom. The molecule has 2 N–H and O–H groups in total. The normalized spacial score (nSPS) is 10.8. The van der Waals surface area contributed by atoms with Gasteiger partial charge in [-0.1, -0.05) is 12.1 Å². The van der Waals surface area contributed by atoms with Crippen molar-refractivity contribution in [3.8, 4) is 22.9 Å². The highest BCUT2D eigenvalue weighted by molar-refractivity contribution is 5.73. The van der Waals surface area contributed by atoms with Gasteiger partial charge in [-0.3, -0.25) is 0 Å². The maximum atomic E-state index is 9.87. The number of benzene rings is 2. The second-order valence-corrected chi connectivity index (χ2v) is 3.99. The topological polar surface area (TPSA) is 80.4 Å². The fourth-order valence-corrected chi connectivity index (χ4v) is 1.84. The molecule has 0 aliphatic carbocycles. The van der Waals surface area contributed by atoms with Gasteiger partial charge < -0.3 is 14.9 Å². The summed E-state index contributed by atoms with van der Waals surface area (Å²) in [5, 5.41) is 28.0. The van der Waals surface area contributed by atoms with Crippen LogP contribution in [0.1, 0.15) is 0 Å². The monoisotopic (exact) mass is 257 g/mol. The van der Waals surface area contributed by atoms with Gasteiger partial charge in [-0.05, 0) is 12.1 Å². The van der Waals surface area contributed by atoms with E-state index < -0.39 is 0 Å². The number of fused-ring (bicyclic) bond motifs is 1. The van der Waals surface area contributed by atoms with Gasteiger partial charge in [0.1, 0.15) is 22.5 Å². The highest BCUT2D eigenvalue weighted by atomic mass is 16.5. The van der Waals surface area contributed by atoms with Gasteiger partial charge in [0.25, 0.3) is 0 Å². The molecule has 2 aromatic carbocycles. The minimum absolute atomic E-state index is 0.126. The SMILES string of the molecule is COc1cc(-n2nc3ccccc3n2)c(O)cc1O. The van der Waals surface area contributed by atoms with Crippen molar-refractivity contribution in [2.75, 3.05) is 7.11 Å². The smallest absolute Gasteiger partial charge is 0.162 e. The van der Waals surface area contributed by atoms with Crippen LogP contribution >= 0.6 is 0 Å². The molecule has 0 radical (unpaired) electrons. The first-order chi connectivity index (χ1) is 9.19. The Morgan fingerprint density at radius 1 is 1.00 bits per heavy atom.